The Morgan fingerprint density at radius 2 is 1.96 bits per heavy atom. The smallest absolute Gasteiger partial charge is 0.330 e. The van der Waals surface area contributed by atoms with E-state index in [0.29, 0.717) is 23.6 Å². The van der Waals surface area contributed by atoms with Crippen molar-refractivity contribution in [2.24, 2.45) is 10.9 Å². The molecule has 0 aliphatic heterocycles. The molecule has 0 aliphatic carbocycles. The lowest BCUT2D eigenvalue weighted by atomic mass is 10.0. The molecule has 2 rings (SSSR count). The Kier molecular flexibility index (Phi) is 7.19. The van der Waals surface area contributed by atoms with Crippen LogP contribution in [0.2, 0.25) is 0 Å². The first kappa shape index (κ1) is 20.3. The van der Waals surface area contributed by atoms with Gasteiger partial charge in [-0.25, -0.2) is 4.79 Å². The number of nitrogens with one attached hydrogen (secondary N) is 1. The Morgan fingerprint density at radius 3 is 2.52 bits per heavy atom. The van der Waals surface area contributed by atoms with Crippen molar-refractivity contribution in [1.29, 1.82) is 0 Å². The second kappa shape index (κ2) is 9.59. The summed E-state index contributed by atoms with van der Waals surface area (Å²) in [7, 11) is 1.59. The highest BCUT2D eigenvalue weighted by molar-refractivity contribution is 5.82. The zero-order valence-electron chi connectivity index (χ0n) is 15.7. The van der Waals surface area contributed by atoms with E-state index in [1.807, 2.05) is 13.8 Å². The second-order valence-corrected chi connectivity index (χ2v) is 6.28. The number of aliphatic carboxylic acids is 1. The van der Waals surface area contributed by atoms with Crippen molar-refractivity contribution in [2.45, 2.75) is 32.6 Å². The molecule has 0 fully saturated rings. The van der Waals surface area contributed by atoms with Crippen molar-refractivity contribution in [3.8, 4) is 5.75 Å². The topological polar surface area (TPSA) is 106 Å². The van der Waals surface area contributed by atoms with E-state index in [-0.39, 0.29) is 6.10 Å². The van der Waals surface area contributed by atoms with E-state index in [0.717, 1.165) is 11.1 Å². The summed E-state index contributed by atoms with van der Waals surface area (Å²) in [5.74, 6) is 4.83. The molecule has 1 atom stereocenters. The first-order valence-corrected chi connectivity index (χ1v) is 8.55. The largest absolute Gasteiger partial charge is 0.491 e. The maximum Gasteiger partial charge on any atom is 0.330 e. The van der Waals surface area contributed by atoms with Crippen LogP contribution in [0.1, 0.15) is 36.6 Å². The summed E-state index contributed by atoms with van der Waals surface area (Å²) in [5, 5.41) is 16.2. The number of rotatable bonds is 9. The third kappa shape index (κ3) is 5.72. The molecule has 0 aromatic heterocycles. The van der Waals surface area contributed by atoms with Crippen molar-refractivity contribution < 1.29 is 19.4 Å². The van der Waals surface area contributed by atoms with Gasteiger partial charge in [-0.05, 0) is 49.2 Å². The van der Waals surface area contributed by atoms with Crippen molar-refractivity contribution in [3.05, 3.63) is 59.2 Å². The van der Waals surface area contributed by atoms with E-state index < -0.39 is 12.0 Å². The van der Waals surface area contributed by atoms with Crippen LogP contribution in [0.15, 0.2) is 47.6 Å². The predicted octanol–water partition coefficient (Wildman–Crippen LogP) is 3.15. The number of nitrogens with two attached hydrogens (primary N) is 1. The lowest BCUT2D eigenvalue weighted by Gasteiger charge is -2.19. The molecule has 0 saturated carbocycles. The molecule has 0 amide bonds. The zero-order valence-corrected chi connectivity index (χ0v) is 15.7. The molecule has 7 heteroatoms. The number of hydrogen-bond acceptors (Lipinski definition) is 6. The molecule has 0 bridgehead atoms. The zero-order chi connectivity index (χ0) is 19.8. The van der Waals surface area contributed by atoms with Crippen LogP contribution in [0.3, 0.4) is 0 Å². The van der Waals surface area contributed by atoms with Crippen molar-refractivity contribution in [3.63, 3.8) is 0 Å². The molecule has 1 unspecified atom stereocenters. The third-order valence-corrected chi connectivity index (χ3v) is 3.77. The molecule has 2 aromatic carbocycles. The fourth-order valence-corrected chi connectivity index (χ4v) is 2.62. The van der Waals surface area contributed by atoms with Gasteiger partial charge in [-0.1, -0.05) is 18.2 Å². The Hall–Kier alpha value is -3.06. The average Bonchev–Trinajstić information content (AvgIpc) is 2.62. The first-order chi connectivity index (χ1) is 12.9. The first-order valence-electron chi connectivity index (χ1n) is 8.55. The highest BCUT2D eigenvalue weighted by Crippen LogP contribution is 2.27. The maximum absolute atomic E-state index is 11.8. The number of carbonyl (C=O) groups is 1. The fraction of sp³-hybridized carbons (Fsp3) is 0.300. The Bertz CT molecular complexity index is 788. The Morgan fingerprint density at radius 1 is 1.26 bits per heavy atom. The summed E-state index contributed by atoms with van der Waals surface area (Å²) in [6, 6.07) is 11.6. The molecule has 4 N–H and O–H groups in total. The van der Waals surface area contributed by atoms with Crippen LogP contribution in [-0.4, -0.2) is 30.5 Å². The lowest BCUT2D eigenvalue weighted by Crippen LogP contribution is -2.21. The van der Waals surface area contributed by atoms with Crippen LogP contribution in [0.25, 0.3) is 0 Å². The highest BCUT2D eigenvalue weighted by atomic mass is 16.5. The van der Waals surface area contributed by atoms with Gasteiger partial charge in [0, 0.05) is 18.4 Å². The number of benzene rings is 2. The SMILES string of the molecule is COCc1cc(C(Nc2ccc(C=NN)cc2)C(=O)O)ccc1OC(C)C. The van der Waals surface area contributed by atoms with E-state index in [1.165, 1.54) is 6.21 Å². The lowest BCUT2D eigenvalue weighted by molar-refractivity contribution is -0.138. The molecule has 27 heavy (non-hydrogen) atoms. The van der Waals surface area contributed by atoms with Gasteiger partial charge in [0.25, 0.3) is 0 Å². The molecule has 0 aliphatic rings. The van der Waals surface area contributed by atoms with Gasteiger partial charge in [0.1, 0.15) is 5.75 Å². The van der Waals surface area contributed by atoms with Crippen LogP contribution < -0.4 is 15.9 Å². The highest BCUT2D eigenvalue weighted by Gasteiger charge is 2.21. The molecule has 0 heterocycles. The third-order valence-electron chi connectivity index (χ3n) is 3.77. The number of hydrogen-bond donors (Lipinski definition) is 3. The van der Waals surface area contributed by atoms with Gasteiger partial charge in [0.05, 0.1) is 18.9 Å². The molecule has 0 spiro atoms. The molecular weight excluding hydrogens is 346 g/mol. The van der Waals surface area contributed by atoms with Gasteiger partial charge in [-0.3, -0.25) is 0 Å². The Balaban J connectivity index is 2.29. The average molecular weight is 371 g/mol. The maximum atomic E-state index is 11.8. The quantitative estimate of drug-likeness (QED) is 0.355. The van der Waals surface area contributed by atoms with E-state index in [2.05, 4.69) is 10.4 Å². The molecule has 0 radical (unpaired) electrons. The number of nitrogens with zero attached hydrogens (tertiary/aromatic N) is 1. The van der Waals surface area contributed by atoms with Crippen LogP contribution in [-0.2, 0) is 16.1 Å². The summed E-state index contributed by atoms with van der Waals surface area (Å²) < 4.78 is 11.0. The van der Waals surface area contributed by atoms with Gasteiger partial charge in [-0.15, -0.1) is 0 Å². The van der Waals surface area contributed by atoms with Gasteiger partial charge in [0.2, 0.25) is 0 Å². The molecule has 7 nitrogen and oxygen atoms in total. The van der Waals surface area contributed by atoms with E-state index in [1.54, 1.807) is 49.6 Å². The van der Waals surface area contributed by atoms with Gasteiger partial charge in [-0.2, -0.15) is 5.10 Å². The number of ether oxygens (including phenoxy) is 2. The van der Waals surface area contributed by atoms with Crippen LogP contribution in [0, 0.1) is 0 Å². The van der Waals surface area contributed by atoms with E-state index in [9.17, 15) is 9.90 Å². The van der Waals surface area contributed by atoms with Crippen LogP contribution in [0.5, 0.6) is 5.75 Å². The van der Waals surface area contributed by atoms with Crippen LogP contribution in [0.4, 0.5) is 5.69 Å². The van der Waals surface area contributed by atoms with E-state index in [4.69, 9.17) is 15.3 Å². The second-order valence-electron chi connectivity index (χ2n) is 6.28. The predicted molar refractivity (Wildman–Crippen MR) is 105 cm³/mol. The molecule has 0 saturated heterocycles. The summed E-state index contributed by atoms with van der Waals surface area (Å²) in [6.45, 7) is 4.20. The normalized spacial score (nSPS) is 12.3. The summed E-state index contributed by atoms with van der Waals surface area (Å²) >= 11 is 0. The number of anilines is 1. The summed E-state index contributed by atoms with van der Waals surface area (Å²) in [4.78, 5) is 11.8. The fourth-order valence-electron chi connectivity index (χ4n) is 2.62. The number of hydrazone groups is 1. The number of carboxylic acids is 1. The van der Waals surface area contributed by atoms with Crippen molar-refractivity contribution in [2.75, 3.05) is 12.4 Å². The van der Waals surface area contributed by atoms with Gasteiger partial charge >= 0.3 is 5.97 Å². The van der Waals surface area contributed by atoms with Crippen LogP contribution >= 0.6 is 0 Å². The number of carboxylic acid groups (broad SMARTS) is 1. The number of methoxy groups -OCH3 is 1. The molecule has 2 aromatic rings. The minimum atomic E-state index is -0.983. The minimum Gasteiger partial charge on any atom is -0.491 e. The Labute approximate surface area is 158 Å². The minimum absolute atomic E-state index is 0.00965. The standard InChI is InChI=1S/C20H25N3O4/c1-13(2)27-18-9-6-15(10-16(18)12-26-3)19(20(24)25)23-17-7-4-14(5-8-17)11-22-21/h4-11,13,19,23H,12,21H2,1-3H3,(H,24,25). The van der Waals surface area contributed by atoms with E-state index >= 15 is 0 Å². The molecule has 144 valence electrons. The van der Waals surface area contributed by atoms with Crippen molar-refractivity contribution >= 4 is 17.9 Å². The molecular formula is C20H25N3O4. The summed E-state index contributed by atoms with van der Waals surface area (Å²) in [5.41, 5.74) is 2.91. The summed E-state index contributed by atoms with van der Waals surface area (Å²) in [6.07, 6.45) is 1.53. The van der Waals surface area contributed by atoms with Gasteiger partial charge < -0.3 is 25.7 Å². The van der Waals surface area contributed by atoms with Crippen molar-refractivity contribution in [1.82, 2.24) is 0 Å². The monoisotopic (exact) mass is 371 g/mol. The van der Waals surface area contributed by atoms with Gasteiger partial charge in [0.15, 0.2) is 6.04 Å².